The monoisotopic (exact) mass is 221 g/mol. The highest BCUT2D eigenvalue weighted by molar-refractivity contribution is 5.28. The fraction of sp³-hybridized carbons (Fsp3) is 0.571. The van der Waals surface area contributed by atoms with E-state index in [0.29, 0.717) is 6.04 Å². The van der Waals surface area contributed by atoms with Crippen molar-refractivity contribution < 1.29 is 4.74 Å². The number of unbranched alkanes of at least 4 members (excludes halogenated alkanes) is 1. The summed E-state index contributed by atoms with van der Waals surface area (Å²) in [6, 6.07) is 8.79. The number of nitrogens with one attached hydrogen (secondary N) is 1. The van der Waals surface area contributed by atoms with Crippen molar-refractivity contribution in [2.24, 2.45) is 0 Å². The average molecular weight is 221 g/mol. The van der Waals surface area contributed by atoms with Crippen molar-refractivity contribution in [2.75, 3.05) is 13.2 Å². The highest BCUT2D eigenvalue weighted by Gasteiger charge is 2.03. The molecule has 0 bridgehead atoms. The van der Waals surface area contributed by atoms with Crippen LogP contribution in [0.25, 0.3) is 0 Å². The summed E-state index contributed by atoms with van der Waals surface area (Å²) in [6.45, 7) is 8.29. The first-order valence-corrected chi connectivity index (χ1v) is 6.24. The molecule has 1 aromatic carbocycles. The maximum atomic E-state index is 5.62. The predicted octanol–water partition coefficient (Wildman–Crippen LogP) is 3.54. The third kappa shape index (κ3) is 4.23. The lowest BCUT2D eigenvalue weighted by atomic mass is 10.1. The van der Waals surface area contributed by atoms with Crippen molar-refractivity contribution in [1.82, 2.24) is 5.32 Å². The Morgan fingerprint density at radius 2 is 1.88 bits per heavy atom. The van der Waals surface area contributed by atoms with Gasteiger partial charge in [-0.1, -0.05) is 32.4 Å². The Bertz CT molecular complexity index is 281. The van der Waals surface area contributed by atoms with Crippen LogP contribution in [0.5, 0.6) is 5.75 Å². The fourth-order valence-electron chi connectivity index (χ4n) is 1.61. The van der Waals surface area contributed by atoms with E-state index >= 15 is 0 Å². The Labute approximate surface area is 99.0 Å². The summed E-state index contributed by atoms with van der Waals surface area (Å²) >= 11 is 0. The van der Waals surface area contributed by atoms with E-state index in [1.54, 1.807) is 0 Å². The van der Waals surface area contributed by atoms with Gasteiger partial charge in [-0.2, -0.15) is 0 Å². The summed E-state index contributed by atoms with van der Waals surface area (Å²) in [7, 11) is 0. The summed E-state index contributed by atoms with van der Waals surface area (Å²) < 4.78 is 5.62. The predicted molar refractivity (Wildman–Crippen MR) is 68.9 cm³/mol. The van der Waals surface area contributed by atoms with Gasteiger partial charge in [0, 0.05) is 6.04 Å². The van der Waals surface area contributed by atoms with Gasteiger partial charge in [0.1, 0.15) is 5.75 Å². The quantitative estimate of drug-likeness (QED) is 0.711. The van der Waals surface area contributed by atoms with Crippen LogP contribution in [0.2, 0.25) is 0 Å². The molecule has 0 amide bonds. The number of ether oxygens (including phenoxy) is 1. The molecule has 1 aromatic rings. The molecular formula is C14H23NO. The van der Waals surface area contributed by atoms with Gasteiger partial charge in [-0.05, 0) is 37.6 Å². The first-order valence-electron chi connectivity index (χ1n) is 6.24. The highest BCUT2D eigenvalue weighted by atomic mass is 16.5. The SMILES string of the molecule is CCCCOc1ccc(C(C)NCC)cc1. The van der Waals surface area contributed by atoms with Crippen LogP contribution >= 0.6 is 0 Å². The molecule has 1 rings (SSSR count). The van der Waals surface area contributed by atoms with Gasteiger partial charge in [0.2, 0.25) is 0 Å². The molecule has 1 unspecified atom stereocenters. The summed E-state index contributed by atoms with van der Waals surface area (Å²) in [6.07, 6.45) is 2.30. The van der Waals surface area contributed by atoms with Gasteiger partial charge in [0.25, 0.3) is 0 Å². The van der Waals surface area contributed by atoms with E-state index < -0.39 is 0 Å². The van der Waals surface area contributed by atoms with Gasteiger partial charge in [0.05, 0.1) is 6.61 Å². The zero-order valence-corrected chi connectivity index (χ0v) is 10.6. The summed E-state index contributed by atoms with van der Waals surface area (Å²) in [4.78, 5) is 0. The molecule has 0 aliphatic carbocycles. The van der Waals surface area contributed by atoms with Crippen molar-refractivity contribution in [2.45, 2.75) is 39.7 Å². The normalized spacial score (nSPS) is 12.4. The molecule has 0 saturated carbocycles. The number of hydrogen-bond acceptors (Lipinski definition) is 2. The number of benzene rings is 1. The minimum Gasteiger partial charge on any atom is -0.494 e. The van der Waals surface area contributed by atoms with Gasteiger partial charge < -0.3 is 10.1 Å². The molecule has 2 heteroatoms. The van der Waals surface area contributed by atoms with Crippen LogP contribution in [0.4, 0.5) is 0 Å². The standard InChI is InChI=1S/C14H23NO/c1-4-6-11-16-14-9-7-13(8-10-14)12(3)15-5-2/h7-10,12,15H,4-6,11H2,1-3H3. The van der Waals surface area contributed by atoms with Crippen LogP contribution in [0, 0.1) is 0 Å². The van der Waals surface area contributed by atoms with Crippen LogP contribution in [-0.2, 0) is 0 Å². The summed E-state index contributed by atoms with van der Waals surface area (Å²) in [5.74, 6) is 0.973. The Morgan fingerprint density at radius 1 is 1.19 bits per heavy atom. The lowest BCUT2D eigenvalue weighted by molar-refractivity contribution is 0.309. The summed E-state index contributed by atoms with van der Waals surface area (Å²) in [5, 5.41) is 3.39. The summed E-state index contributed by atoms with van der Waals surface area (Å²) in [5.41, 5.74) is 1.31. The molecule has 0 heterocycles. The maximum absolute atomic E-state index is 5.62. The number of rotatable bonds is 7. The molecule has 0 spiro atoms. The zero-order valence-electron chi connectivity index (χ0n) is 10.6. The minimum absolute atomic E-state index is 0.412. The van der Waals surface area contributed by atoms with Gasteiger partial charge in [-0.25, -0.2) is 0 Å². The van der Waals surface area contributed by atoms with Gasteiger partial charge in [0.15, 0.2) is 0 Å². The smallest absolute Gasteiger partial charge is 0.119 e. The second kappa shape index (κ2) is 7.29. The van der Waals surface area contributed by atoms with Crippen molar-refractivity contribution in [1.29, 1.82) is 0 Å². The van der Waals surface area contributed by atoms with Crippen LogP contribution in [-0.4, -0.2) is 13.2 Å². The van der Waals surface area contributed by atoms with E-state index in [1.807, 2.05) is 0 Å². The minimum atomic E-state index is 0.412. The molecule has 16 heavy (non-hydrogen) atoms. The molecule has 2 nitrogen and oxygen atoms in total. The molecule has 0 radical (unpaired) electrons. The van der Waals surface area contributed by atoms with Crippen LogP contribution in [0.15, 0.2) is 24.3 Å². The molecule has 1 atom stereocenters. The zero-order chi connectivity index (χ0) is 11.8. The van der Waals surface area contributed by atoms with E-state index in [0.717, 1.165) is 25.3 Å². The molecule has 1 N–H and O–H groups in total. The second-order valence-corrected chi connectivity index (χ2v) is 4.05. The molecule has 0 aliphatic heterocycles. The third-order valence-corrected chi connectivity index (χ3v) is 2.66. The van der Waals surface area contributed by atoms with E-state index in [4.69, 9.17) is 4.74 Å². The highest BCUT2D eigenvalue weighted by Crippen LogP contribution is 2.17. The molecule has 90 valence electrons. The van der Waals surface area contributed by atoms with Crippen molar-refractivity contribution in [3.8, 4) is 5.75 Å². The van der Waals surface area contributed by atoms with E-state index in [1.165, 1.54) is 12.0 Å². The Hall–Kier alpha value is -1.02. The third-order valence-electron chi connectivity index (χ3n) is 2.66. The first kappa shape index (κ1) is 13.0. The Balaban J connectivity index is 2.47. The van der Waals surface area contributed by atoms with Gasteiger partial charge in [-0.3, -0.25) is 0 Å². The molecule has 0 fully saturated rings. The molecule has 0 aromatic heterocycles. The van der Waals surface area contributed by atoms with E-state index in [2.05, 4.69) is 50.4 Å². The number of hydrogen-bond donors (Lipinski definition) is 1. The largest absolute Gasteiger partial charge is 0.494 e. The Kier molecular flexibility index (Phi) is 5.94. The topological polar surface area (TPSA) is 21.3 Å². The van der Waals surface area contributed by atoms with Gasteiger partial charge in [-0.15, -0.1) is 0 Å². The Morgan fingerprint density at radius 3 is 2.44 bits per heavy atom. The molecular weight excluding hydrogens is 198 g/mol. The van der Waals surface area contributed by atoms with Crippen LogP contribution in [0.1, 0.15) is 45.2 Å². The van der Waals surface area contributed by atoms with Crippen LogP contribution in [0.3, 0.4) is 0 Å². The average Bonchev–Trinajstić information content (AvgIpc) is 2.30. The lowest BCUT2D eigenvalue weighted by Gasteiger charge is -2.13. The first-order chi connectivity index (χ1) is 7.77. The van der Waals surface area contributed by atoms with Crippen molar-refractivity contribution >= 4 is 0 Å². The maximum Gasteiger partial charge on any atom is 0.119 e. The van der Waals surface area contributed by atoms with Gasteiger partial charge >= 0.3 is 0 Å². The van der Waals surface area contributed by atoms with Crippen molar-refractivity contribution in [3.05, 3.63) is 29.8 Å². The second-order valence-electron chi connectivity index (χ2n) is 4.05. The van der Waals surface area contributed by atoms with E-state index in [-0.39, 0.29) is 0 Å². The molecule has 0 saturated heterocycles. The molecule has 0 aliphatic rings. The van der Waals surface area contributed by atoms with E-state index in [9.17, 15) is 0 Å². The fourth-order valence-corrected chi connectivity index (χ4v) is 1.61. The van der Waals surface area contributed by atoms with Crippen LogP contribution < -0.4 is 10.1 Å². The lowest BCUT2D eigenvalue weighted by Crippen LogP contribution is -2.17. The van der Waals surface area contributed by atoms with Crippen molar-refractivity contribution in [3.63, 3.8) is 0 Å².